The highest BCUT2D eigenvalue weighted by molar-refractivity contribution is 5.21. The van der Waals surface area contributed by atoms with E-state index in [1.807, 2.05) is 0 Å². The van der Waals surface area contributed by atoms with Gasteiger partial charge < -0.3 is 5.32 Å². The van der Waals surface area contributed by atoms with Gasteiger partial charge in [-0.3, -0.25) is 0 Å². The molecule has 1 heteroatoms. The summed E-state index contributed by atoms with van der Waals surface area (Å²) < 4.78 is 0. The number of hydrogen-bond acceptors (Lipinski definition) is 1. The molecule has 1 atom stereocenters. The maximum Gasteiger partial charge on any atom is 0.0348 e. The van der Waals surface area contributed by atoms with Gasteiger partial charge in [0.2, 0.25) is 0 Å². The standard InChI is InChI=1S/C16H21N/c1-2-3-4-8-13-17-16(15-11-12-15)14-9-6-5-7-10-14/h1,5-7,9-10,15-17H,3-4,8,11-13H2. The zero-order valence-electron chi connectivity index (χ0n) is 10.4. The van der Waals surface area contributed by atoms with Crippen molar-refractivity contribution in [2.24, 2.45) is 5.92 Å². The van der Waals surface area contributed by atoms with E-state index in [9.17, 15) is 0 Å². The predicted molar refractivity (Wildman–Crippen MR) is 72.6 cm³/mol. The van der Waals surface area contributed by atoms with Gasteiger partial charge in [0.05, 0.1) is 0 Å². The van der Waals surface area contributed by atoms with E-state index in [-0.39, 0.29) is 0 Å². The average molecular weight is 227 g/mol. The van der Waals surface area contributed by atoms with Crippen LogP contribution in [0.1, 0.15) is 43.7 Å². The first-order chi connectivity index (χ1) is 8.42. The van der Waals surface area contributed by atoms with Gasteiger partial charge in [-0.05, 0) is 43.7 Å². The molecule has 0 aliphatic heterocycles. The van der Waals surface area contributed by atoms with Crippen molar-refractivity contribution in [3.63, 3.8) is 0 Å². The molecule has 1 aliphatic rings. The van der Waals surface area contributed by atoms with Crippen molar-refractivity contribution in [1.29, 1.82) is 0 Å². The number of benzene rings is 1. The highest BCUT2D eigenvalue weighted by atomic mass is 14.9. The van der Waals surface area contributed by atoms with Crippen molar-refractivity contribution < 1.29 is 0 Å². The van der Waals surface area contributed by atoms with E-state index in [0.717, 1.165) is 25.3 Å². The fourth-order valence-electron chi connectivity index (χ4n) is 2.26. The molecule has 0 spiro atoms. The van der Waals surface area contributed by atoms with Crippen LogP contribution in [0.15, 0.2) is 30.3 Å². The molecular formula is C16H21N. The Morgan fingerprint density at radius 3 is 2.65 bits per heavy atom. The molecule has 1 N–H and O–H groups in total. The topological polar surface area (TPSA) is 12.0 Å². The van der Waals surface area contributed by atoms with Crippen LogP contribution in [0.4, 0.5) is 0 Å². The minimum Gasteiger partial charge on any atom is -0.310 e. The molecule has 17 heavy (non-hydrogen) atoms. The fourth-order valence-corrected chi connectivity index (χ4v) is 2.26. The van der Waals surface area contributed by atoms with Crippen LogP contribution in [0.25, 0.3) is 0 Å². The lowest BCUT2D eigenvalue weighted by molar-refractivity contribution is 0.471. The van der Waals surface area contributed by atoms with Gasteiger partial charge in [-0.25, -0.2) is 0 Å². The SMILES string of the molecule is C#CCCCCNC(c1ccccc1)C1CC1. The summed E-state index contributed by atoms with van der Waals surface area (Å²) in [5.41, 5.74) is 1.44. The Morgan fingerprint density at radius 1 is 1.24 bits per heavy atom. The lowest BCUT2D eigenvalue weighted by Gasteiger charge is -2.18. The Labute approximate surface area is 105 Å². The van der Waals surface area contributed by atoms with E-state index in [4.69, 9.17) is 6.42 Å². The van der Waals surface area contributed by atoms with E-state index in [0.29, 0.717) is 6.04 Å². The third-order valence-corrected chi connectivity index (χ3v) is 3.36. The Hall–Kier alpha value is -1.26. The van der Waals surface area contributed by atoms with Gasteiger partial charge >= 0.3 is 0 Å². The maximum atomic E-state index is 5.25. The second kappa shape index (κ2) is 6.47. The first-order valence-corrected chi connectivity index (χ1v) is 6.63. The third kappa shape index (κ3) is 3.91. The lowest BCUT2D eigenvalue weighted by atomic mass is 10.0. The van der Waals surface area contributed by atoms with Crippen LogP contribution in [0, 0.1) is 18.3 Å². The van der Waals surface area contributed by atoms with Gasteiger partial charge in [-0.1, -0.05) is 30.3 Å². The molecule has 1 unspecified atom stereocenters. The quantitative estimate of drug-likeness (QED) is 0.555. The molecule has 1 saturated carbocycles. The van der Waals surface area contributed by atoms with Crippen LogP contribution in [0.3, 0.4) is 0 Å². The summed E-state index contributed by atoms with van der Waals surface area (Å²) >= 11 is 0. The van der Waals surface area contributed by atoms with E-state index < -0.39 is 0 Å². The minimum absolute atomic E-state index is 0.557. The number of unbranched alkanes of at least 4 members (excludes halogenated alkanes) is 2. The molecule has 1 fully saturated rings. The molecule has 1 aromatic rings. The summed E-state index contributed by atoms with van der Waals surface area (Å²) in [6.45, 7) is 1.08. The third-order valence-electron chi connectivity index (χ3n) is 3.36. The summed E-state index contributed by atoms with van der Waals surface area (Å²) in [5.74, 6) is 3.55. The van der Waals surface area contributed by atoms with Crippen molar-refractivity contribution in [2.45, 2.75) is 38.1 Å². The molecule has 0 bridgehead atoms. The Balaban J connectivity index is 1.80. The molecule has 0 radical (unpaired) electrons. The molecule has 1 nitrogen and oxygen atoms in total. The van der Waals surface area contributed by atoms with E-state index in [1.165, 1.54) is 24.8 Å². The molecule has 1 aromatic carbocycles. The molecule has 2 rings (SSSR count). The van der Waals surface area contributed by atoms with Crippen molar-refractivity contribution in [3.05, 3.63) is 35.9 Å². The smallest absolute Gasteiger partial charge is 0.0348 e. The van der Waals surface area contributed by atoms with Crippen LogP contribution in [-0.4, -0.2) is 6.54 Å². The van der Waals surface area contributed by atoms with Crippen molar-refractivity contribution in [1.82, 2.24) is 5.32 Å². The number of terminal acetylenes is 1. The van der Waals surface area contributed by atoms with Gasteiger partial charge in [0, 0.05) is 12.5 Å². The predicted octanol–water partition coefficient (Wildman–Crippen LogP) is 3.53. The van der Waals surface area contributed by atoms with Crippen molar-refractivity contribution >= 4 is 0 Å². The zero-order chi connectivity index (χ0) is 11.9. The van der Waals surface area contributed by atoms with Gasteiger partial charge in [0.15, 0.2) is 0 Å². The zero-order valence-corrected chi connectivity index (χ0v) is 10.4. The van der Waals surface area contributed by atoms with Crippen molar-refractivity contribution in [2.75, 3.05) is 6.54 Å². The molecule has 0 saturated heterocycles. The van der Waals surface area contributed by atoms with Crippen LogP contribution in [-0.2, 0) is 0 Å². The molecule has 90 valence electrons. The van der Waals surface area contributed by atoms with Gasteiger partial charge in [-0.15, -0.1) is 12.3 Å². The number of rotatable bonds is 7. The average Bonchev–Trinajstić information content (AvgIpc) is 3.19. The molecule has 0 amide bonds. The Bertz CT molecular complexity index is 359. The summed E-state index contributed by atoms with van der Waals surface area (Å²) in [6, 6.07) is 11.4. The first-order valence-electron chi connectivity index (χ1n) is 6.63. The molecule has 0 heterocycles. The molecular weight excluding hydrogens is 206 g/mol. The van der Waals surface area contributed by atoms with Crippen LogP contribution < -0.4 is 5.32 Å². The van der Waals surface area contributed by atoms with Gasteiger partial charge in [0.25, 0.3) is 0 Å². The second-order valence-electron chi connectivity index (χ2n) is 4.84. The fraction of sp³-hybridized carbons (Fsp3) is 0.500. The monoisotopic (exact) mass is 227 g/mol. The minimum atomic E-state index is 0.557. The Morgan fingerprint density at radius 2 is 2.00 bits per heavy atom. The van der Waals surface area contributed by atoms with E-state index in [1.54, 1.807) is 0 Å². The molecule has 0 aromatic heterocycles. The summed E-state index contributed by atoms with van der Waals surface area (Å²) in [5, 5.41) is 3.69. The van der Waals surface area contributed by atoms with Crippen molar-refractivity contribution in [3.8, 4) is 12.3 Å². The van der Waals surface area contributed by atoms with E-state index >= 15 is 0 Å². The molecule has 1 aliphatic carbocycles. The van der Waals surface area contributed by atoms with Gasteiger partial charge in [0.1, 0.15) is 0 Å². The first kappa shape index (κ1) is 12.2. The second-order valence-corrected chi connectivity index (χ2v) is 4.84. The summed E-state index contributed by atoms with van der Waals surface area (Å²) in [4.78, 5) is 0. The normalized spacial score (nSPS) is 16.4. The van der Waals surface area contributed by atoms with Crippen LogP contribution in [0.2, 0.25) is 0 Å². The largest absolute Gasteiger partial charge is 0.310 e. The summed E-state index contributed by atoms with van der Waals surface area (Å²) in [7, 11) is 0. The maximum absolute atomic E-state index is 5.25. The van der Waals surface area contributed by atoms with Gasteiger partial charge in [-0.2, -0.15) is 0 Å². The highest BCUT2D eigenvalue weighted by Gasteiger charge is 2.31. The van der Waals surface area contributed by atoms with E-state index in [2.05, 4.69) is 41.6 Å². The summed E-state index contributed by atoms with van der Waals surface area (Å²) in [6.07, 6.45) is 11.2. The number of nitrogens with one attached hydrogen (secondary N) is 1. The highest BCUT2D eigenvalue weighted by Crippen LogP contribution is 2.40. The number of hydrogen-bond donors (Lipinski definition) is 1. The Kier molecular flexibility index (Phi) is 4.64. The lowest BCUT2D eigenvalue weighted by Crippen LogP contribution is -2.24. The van der Waals surface area contributed by atoms with Crippen LogP contribution >= 0.6 is 0 Å². The van der Waals surface area contributed by atoms with Crippen LogP contribution in [0.5, 0.6) is 0 Å².